The Labute approximate surface area is 172 Å². The Morgan fingerprint density at radius 2 is 2.04 bits per heavy atom. The molecule has 0 radical (unpaired) electrons. The number of amides is 1. The lowest BCUT2D eigenvalue weighted by Gasteiger charge is -2.32. The highest BCUT2D eigenvalue weighted by molar-refractivity contribution is 5.94. The predicted octanol–water partition coefficient (Wildman–Crippen LogP) is 3.57. The van der Waals surface area contributed by atoms with Gasteiger partial charge in [-0.05, 0) is 57.0 Å². The van der Waals surface area contributed by atoms with Crippen molar-refractivity contribution in [3.63, 3.8) is 0 Å². The second-order valence-corrected chi connectivity index (χ2v) is 6.30. The van der Waals surface area contributed by atoms with E-state index in [2.05, 4.69) is 15.3 Å². The minimum absolute atomic E-state index is 0. The lowest BCUT2D eigenvalue weighted by atomic mass is 9.93. The van der Waals surface area contributed by atoms with Crippen LogP contribution in [0.25, 0.3) is 0 Å². The number of halogens is 2. The number of nitrogens with zero attached hydrogens (tertiary/aromatic N) is 3. The number of carbonyl (C=O) groups is 1. The van der Waals surface area contributed by atoms with Crippen molar-refractivity contribution in [2.75, 3.05) is 26.7 Å². The SMILES string of the molecule is CNCCC1CCN(C(=O)c2cccc(Oc3cnccn3)c2)CC1.Cl.Cl. The second kappa shape index (κ2) is 11.7. The molecule has 27 heavy (non-hydrogen) atoms. The van der Waals surface area contributed by atoms with Gasteiger partial charge in [0.25, 0.3) is 5.91 Å². The highest BCUT2D eigenvalue weighted by Gasteiger charge is 2.23. The molecule has 1 N–H and O–H groups in total. The van der Waals surface area contributed by atoms with Crippen LogP contribution in [0.5, 0.6) is 11.6 Å². The Morgan fingerprint density at radius 1 is 1.26 bits per heavy atom. The molecule has 0 atom stereocenters. The first-order chi connectivity index (χ1) is 12.3. The van der Waals surface area contributed by atoms with Crippen LogP contribution in [0.4, 0.5) is 0 Å². The molecule has 0 unspecified atom stereocenters. The largest absolute Gasteiger partial charge is 0.437 e. The van der Waals surface area contributed by atoms with Crippen molar-refractivity contribution >= 4 is 30.7 Å². The summed E-state index contributed by atoms with van der Waals surface area (Å²) in [4.78, 5) is 22.8. The van der Waals surface area contributed by atoms with E-state index in [0.29, 0.717) is 23.1 Å². The standard InChI is InChI=1S/C19H24N4O2.2ClH/c1-20-8-5-15-6-11-23(12-7-15)19(24)16-3-2-4-17(13-16)25-18-14-21-9-10-22-18;;/h2-4,9-10,13-15,20H,5-8,11-12H2,1H3;2*1H. The number of hydrogen-bond acceptors (Lipinski definition) is 5. The van der Waals surface area contributed by atoms with E-state index in [1.54, 1.807) is 24.7 Å². The van der Waals surface area contributed by atoms with Crippen LogP contribution >= 0.6 is 24.8 Å². The number of aromatic nitrogens is 2. The molecule has 1 fully saturated rings. The van der Waals surface area contributed by atoms with Crippen LogP contribution in [0, 0.1) is 5.92 Å². The number of benzene rings is 1. The topological polar surface area (TPSA) is 67.4 Å². The molecule has 1 amide bonds. The lowest BCUT2D eigenvalue weighted by Crippen LogP contribution is -2.38. The zero-order valence-electron chi connectivity index (χ0n) is 15.3. The molecule has 0 bridgehead atoms. The van der Waals surface area contributed by atoms with Gasteiger partial charge in [-0.1, -0.05) is 6.07 Å². The number of hydrogen-bond donors (Lipinski definition) is 1. The number of ether oxygens (including phenoxy) is 1. The zero-order chi connectivity index (χ0) is 17.5. The van der Waals surface area contributed by atoms with Crippen molar-refractivity contribution in [3.05, 3.63) is 48.4 Å². The predicted molar refractivity (Wildman–Crippen MR) is 110 cm³/mol. The first-order valence-corrected chi connectivity index (χ1v) is 8.74. The molecule has 2 heterocycles. The minimum Gasteiger partial charge on any atom is -0.437 e. The van der Waals surface area contributed by atoms with Gasteiger partial charge in [-0.25, -0.2) is 4.98 Å². The van der Waals surface area contributed by atoms with Gasteiger partial charge in [0.1, 0.15) is 5.75 Å². The van der Waals surface area contributed by atoms with Gasteiger partial charge in [0.05, 0.1) is 6.20 Å². The second-order valence-electron chi connectivity index (χ2n) is 6.30. The molecule has 148 valence electrons. The average Bonchev–Trinajstić information content (AvgIpc) is 2.67. The van der Waals surface area contributed by atoms with Crippen molar-refractivity contribution in [2.24, 2.45) is 5.92 Å². The normalized spacial score (nSPS) is 14.0. The summed E-state index contributed by atoms with van der Waals surface area (Å²) >= 11 is 0. The van der Waals surface area contributed by atoms with E-state index in [-0.39, 0.29) is 30.7 Å². The Hall–Kier alpha value is -1.89. The molecule has 1 aliphatic heterocycles. The van der Waals surface area contributed by atoms with Crippen molar-refractivity contribution in [2.45, 2.75) is 19.3 Å². The summed E-state index contributed by atoms with van der Waals surface area (Å²) in [5, 5.41) is 3.20. The Kier molecular flexibility index (Phi) is 10.1. The van der Waals surface area contributed by atoms with E-state index in [4.69, 9.17) is 4.74 Å². The highest BCUT2D eigenvalue weighted by atomic mass is 35.5. The van der Waals surface area contributed by atoms with E-state index < -0.39 is 0 Å². The van der Waals surface area contributed by atoms with Gasteiger partial charge in [-0.15, -0.1) is 24.8 Å². The van der Waals surface area contributed by atoms with Crippen molar-refractivity contribution in [1.82, 2.24) is 20.2 Å². The first-order valence-electron chi connectivity index (χ1n) is 8.74. The summed E-state index contributed by atoms with van der Waals surface area (Å²) in [6, 6.07) is 7.25. The maximum atomic E-state index is 12.8. The minimum atomic E-state index is 0. The van der Waals surface area contributed by atoms with Gasteiger partial charge in [-0.2, -0.15) is 0 Å². The Bertz CT molecular complexity index is 695. The van der Waals surface area contributed by atoms with Gasteiger partial charge in [0, 0.05) is 31.0 Å². The van der Waals surface area contributed by atoms with Crippen LogP contribution in [-0.2, 0) is 0 Å². The smallest absolute Gasteiger partial charge is 0.253 e. The van der Waals surface area contributed by atoms with E-state index in [9.17, 15) is 4.79 Å². The maximum absolute atomic E-state index is 12.8. The van der Waals surface area contributed by atoms with Gasteiger partial charge < -0.3 is 15.0 Å². The third kappa shape index (κ3) is 6.65. The third-order valence-corrected chi connectivity index (χ3v) is 4.55. The fourth-order valence-electron chi connectivity index (χ4n) is 3.11. The molecule has 0 saturated carbocycles. The van der Waals surface area contributed by atoms with Crippen LogP contribution in [0.2, 0.25) is 0 Å². The third-order valence-electron chi connectivity index (χ3n) is 4.55. The molecule has 6 nitrogen and oxygen atoms in total. The van der Waals surface area contributed by atoms with Gasteiger partial charge in [0.2, 0.25) is 5.88 Å². The molecular formula is C19H26Cl2N4O2. The quantitative estimate of drug-likeness (QED) is 0.784. The van der Waals surface area contributed by atoms with E-state index in [1.165, 1.54) is 6.42 Å². The zero-order valence-corrected chi connectivity index (χ0v) is 17.0. The van der Waals surface area contributed by atoms with Gasteiger partial charge >= 0.3 is 0 Å². The van der Waals surface area contributed by atoms with Gasteiger partial charge in [-0.3, -0.25) is 9.78 Å². The Balaban J connectivity index is 0.00000182. The molecular weight excluding hydrogens is 387 g/mol. The monoisotopic (exact) mass is 412 g/mol. The summed E-state index contributed by atoms with van der Waals surface area (Å²) < 4.78 is 5.67. The molecule has 3 rings (SSSR count). The van der Waals surface area contributed by atoms with Gasteiger partial charge in [0.15, 0.2) is 0 Å². The number of rotatable bonds is 6. The van der Waals surface area contributed by atoms with E-state index >= 15 is 0 Å². The average molecular weight is 413 g/mol. The number of piperidine rings is 1. The van der Waals surface area contributed by atoms with E-state index in [1.807, 2.05) is 30.1 Å². The molecule has 0 spiro atoms. The first kappa shape index (κ1) is 23.1. The fraction of sp³-hybridized carbons (Fsp3) is 0.421. The van der Waals surface area contributed by atoms with Crippen LogP contribution < -0.4 is 10.1 Å². The maximum Gasteiger partial charge on any atom is 0.253 e. The van der Waals surface area contributed by atoms with Crippen molar-refractivity contribution in [3.8, 4) is 11.6 Å². The molecule has 8 heteroatoms. The van der Waals surface area contributed by atoms with Crippen LogP contribution in [-0.4, -0.2) is 47.5 Å². The summed E-state index contributed by atoms with van der Waals surface area (Å²) in [6.07, 6.45) is 8.03. The summed E-state index contributed by atoms with van der Waals surface area (Å²) in [5.41, 5.74) is 0.648. The molecule has 0 aliphatic carbocycles. The molecule has 1 saturated heterocycles. The van der Waals surface area contributed by atoms with Crippen LogP contribution in [0.15, 0.2) is 42.9 Å². The fourth-order valence-corrected chi connectivity index (χ4v) is 3.11. The molecule has 1 aromatic heterocycles. The molecule has 1 aliphatic rings. The Morgan fingerprint density at radius 3 is 2.70 bits per heavy atom. The number of likely N-dealkylation sites (tertiary alicyclic amines) is 1. The number of nitrogens with one attached hydrogen (secondary N) is 1. The van der Waals surface area contributed by atoms with Crippen LogP contribution in [0.3, 0.4) is 0 Å². The van der Waals surface area contributed by atoms with E-state index in [0.717, 1.165) is 32.5 Å². The lowest BCUT2D eigenvalue weighted by molar-refractivity contribution is 0.0687. The molecule has 1 aromatic carbocycles. The molecule has 2 aromatic rings. The highest BCUT2D eigenvalue weighted by Crippen LogP contribution is 2.24. The van der Waals surface area contributed by atoms with Crippen molar-refractivity contribution < 1.29 is 9.53 Å². The summed E-state index contributed by atoms with van der Waals surface area (Å²) in [5.74, 6) is 1.78. The summed E-state index contributed by atoms with van der Waals surface area (Å²) in [6.45, 7) is 2.69. The summed E-state index contributed by atoms with van der Waals surface area (Å²) in [7, 11) is 1.98. The number of carbonyl (C=O) groups excluding carboxylic acids is 1. The van der Waals surface area contributed by atoms with Crippen molar-refractivity contribution in [1.29, 1.82) is 0 Å². The van der Waals surface area contributed by atoms with Crippen LogP contribution in [0.1, 0.15) is 29.6 Å².